The van der Waals surface area contributed by atoms with E-state index in [2.05, 4.69) is 29.4 Å². The second-order valence-electron chi connectivity index (χ2n) is 5.34. The maximum Gasteiger partial charge on any atom is 0.250 e. The molecule has 104 valence electrons. The van der Waals surface area contributed by atoms with Crippen LogP contribution in [0.1, 0.15) is 20.3 Å². The molecule has 3 unspecified atom stereocenters. The lowest BCUT2D eigenvalue weighted by atomic mass is 9.95. The van der Waals surface area contributed by atoms with Crippen molar-refractivity contribution in [3.8, 4) is 0 Å². The fourth-order valence-corrected chi connectivity index (χ4v) is 2.65. The predicted octanol–water partition coefficient (Wildman–Crippen LogP) is -0.179. The first-order valence-electron chi connectivity index (χ1n) is 7.05. The Morgan fingerprint density at radius 3 is 3.11 bits per heavy atom. The van der Waals surface area contributed by atoms with Gasteiger partial charge in [-0.2, -0.15) is 0 Å². The molecule has 2 N–H and O–H groups in total. The Labute approximate surface area is 109 Å². The first kappa shape index (κ1) is 13.8. The largest absolute Gasteiger partial charge is 0.366 e. The highest BCUT2D eigenvalue weighted by Crippen LogP contribution is 2.12. The van der Waals surface area contributed by atoms with E-state index in [4.69, 9.17) is 4.74 Å². The zero-order valence-electron chi connectivity index (χ0n) is 11.4. The van der Waals surface area contributed by atoms with E-state index >= 15 is 0 Å². The number of piperidine rings is 1. The molecule has 2 rings (SSSR count). The second-order valence-corrected chi connectivity index (χ2v) is 5.34. The first-order valence-corrected chi connectivity index (χ1v) is 7.05. The minimum absolute atomic E-state index is 0.0619. The summed E-state index contributed by atoms with van der Waals surface area (Å²) in [5.41, 5.74) is 0. The predicted molar refractivity (Wildman–Crippen MR) is 70.4 cm³/mol. The zero-order valence-corrected chi connectivity index (χ0v) is 11.4. The van der Waals surface area contributed by atoms with Gasteiger partial charge in [0.05, 0.1) is 6.61 Å². The number of amides is 1. The highest BCUT2D eigenvalue weighted by Gasteiger charge is 2.29. The van der Waals surface area contributed by atoms with Crippen molar-refractivity contribution in [3.63, 3.8) is 0 Å². The summed E-state index contributed by atoms with van der Waals surface area (Å²) in [6, 6.07) is 0.291. The monoisotopic (exact) mass is 255 g/mol. The minimum Gasteiger partial charge on any atom is -0.366 e. The molecule has 0 radical (unpaired) electrons. The van der Waals surface area contributed by atoms with Gasteiger partial charge in [-0.25, -0.2) is 0 Å². The molecular formula is C13H25N3O2. The number of nitrogens with one attached hydrogen (secondary N) is 2. The summed E-state index contributed by atoms with van der Waals surface area (Å²) in [6.45, 7) is 9.57. The molecule has 0 spiro atoms. The van der Waals surface area contributed by atoms with Gasteiger partial charge < -0.3 is 15.4 Å². The minimum atomic E-state index is -0.291. The van der Waals surface area contributed by atoms with Gasteiger partial charge in [-0.1, -0.05) is 13.8 Å². The molecule has 0 aromatic carbocycles. The second kappa shape index (κ2) is 6.50. The van der Waals surface area contributed by atoms with Gasteiger partial charge in [-0.15, -0.1) is 0 Å². The van der Waals surface area contributed by atoms with Gasteiger partial charge in [-0.3, -0.25) is 9.69 Å². The van der Waals surface area contributed by atoms with Gasteiger partial charge in [0.1, 0.15) is 6.10 Å². The zero-order chi connectivity index (χ0) is 13.0. The fraction of sp³-hybridized carbons (Fsp3) is 0.923. The summed E-state index contributed by atoms with van der Waals surface area (Å²) in [5, 5.41) is 6.50. The van der Waals surface area contributed by atoms with Crippen LogP contribution >= 0.6 is 0 Å². The summed E-state index contributed by atoms with van der Waals surface area (Å²) in [5.74, 6) is 0.556. The average molecular weight is 255 g/mol. The van der Waals surface area contributed by atoms with Crippen LogP contribution in [-0.4, -0.2) is 62.3 Å². The van der Waals surface area contributed by atoms with E-state index in [-0.39, 0.29) is 12.0 Å². The topological polar surface area (TPSA) is 53.6 Å². The van der Waals surface area contributed by atoms with Crippen molar-refractivity contribution in [2.45, 2.75) is 32.4 Å². The number of hydrogen-bond acceptors (Lipinski definition) is 4. The van der Waals surface area contributed by atoms with E-state index in [9.17, 15) is 4.79 Å². The lowest BCUT2D eigenvalue weighted by Crippen LogP contribution is -2.55. The van der Waals surface area contributed by atoms with Gasteiger partial charge in [0.15, 0.2) is 0 Å². The SMILES string of the molecule is CCN1CCOC(C(=O)NC2CCNCC2C)C1. The van der Waals surface area contributed by atoms with Crippen LogP contribution in [0, 0.1) is 5.92 Å². The van der Waals surface area contributed by atoms with Crippen molar-refractivity contribution >= 4 is 5.91 Å². The molecule has 2 aliphatic rings. The molecule has 3 atom stereocenters. The normalized spacial score (nSPS) is 34.2. The molecular weight excluding hydrogens is 230 g/mol. The van der Waals surface area contributed by atoms with Crippen molar-refractivity contribution in [2.75, 3.05) is 39.3 Å². The number of rotatable bonds is 3. The molecule has 1 amide bonds. The van der Waals surface area contributed by atoms with Crippen LogP contribution in [0.3, 0.4) is 0 Å². The smallest absolute Gasteiger partial charge is 0.250 e. The Morgan fingerprint density at radius 1 is 1.56 bits per heavy atom. The van der Waals surface area contributed by atoms with Crippen LogP contribution in [0.4, 0.5) is 0 Å². The van der Waals surface area contributed by atoms with Gasteiger partial charge >= 0.3 is 0 Å². The highest BCUT2D eigenvalue weighted by molar-refractivity contribution is 5.81. The lowest BCUT2D eigenvalue weighted by molar-refractivity contribution is -0.139. The molecule has 0 aromatic rings. The van der Waals surface area contributed by atoms with Crippen molar-refractivity contribution in [1.29, 1.82) is 0 Å². The summed E-state index contributed by atoms with van der Waals surface area (Å²) in [7, 11) is 0. The summed E-state index contributed by atoms with van der Waals surface area (Å²) in [4.78, 5) is 14.5. The number of likely N-dealkylation sites (N-methyl/N-ethyl adjacent to an activating group) is 1. The van der Waals surface area contributed by atoms with Gasteiger partial charge in [-0.05, 0) is 32.0 Å². The van der Waals surface area contributed by atoms with Crippen LogP contribution in [0.2, 0.25) is 0 Å². The Kier molecular flexibility index (Phi) is 4.97. The molecule has 2 aliphatic heterocycles. The third-order valence-electron chi connectivity index (χ3n) is 4.00. The van der Waals surface area contributed by atoms with Gasteiger partial charge in [0.2, 0.25) is 0 Å². The summed E-state index contributed by atoms with van der Waals surface area (Å²) < 4.78 is 5.58. The molecule has 5 nitrogen and oxygen atoms in total. The average Bonchev–Trinajstić information content (AvgIpc) is 2.41. The van der Waals surface area contributed by atoms with Gasteiger partial charge in [0, 0.05) is 19.1 Å². The van der Waals surface area contributed by atoms with E-state index in [1.54, 1.807) is 0 Å². The van der Waals surface area contributed by atoms with E-state index in [1.807, 2.05) is 0 Å². The molecule has 2 saturated heterocycles. The van der Waals surface area contributed by atoms with E-state index in [0.717, 1.165) is 39.1 Å². The number of morpholine rings is 1. The molecule has 18 heavy (non-hydrogen) atoms. The third-order valence-corrected chi connectivity index (χ3v) is 4.00. The fourth-order valence-electron chi connectivity index (χ4n) is 2.65. The van der Waals surface area contributed by atoms with Crippen LogP contribution in [-0.2, 0) is 9.53 Å². The standard InChI is InChI=1S/C13H25N3O2/c1-3-16-6-7-18-12(9-16)13(17)15-11-4-5-14-8-10(11)2/h10-12,14H,3-9H2,1-2H3,(H,15,17). The molecule has 0 bridgehead atoms. The Hall–Kier alpha value is -0.650. The lowest BCUT2D eigenvalue weighted by Gasteiger charge is -2.34. The van der Waals surface area contributed by atoms with Crippen LogP contribution < -0.4 is 10.6 Å². The Morgan fingerprint density at radius 2 is 2.39 bits per heavy atom. The number of carbonyl (C=O) groups is 1. The molecule has 0 saturated carbocycles. The summed E-state index contributed by atoms with van der Waals surface area (Å²) in [6.07, 6.45) is 0.720. The summed E-state index contributed by atoms with van der Waals surface area (Å²) >= 11 is 0. The van der Waals surface area contributed by atoms with Crippen LogP contribution in [0.15, 0.2) is 0 Å². The highest BCUT2D eigenvalue weighted by atomic mass is 16.5. The van der Waals surface area contributed by atoms with Crippen molar-refractivity contribution in [1.82, 2.24) is 15.5 Å². The van der Waals surface area contributed by atoms with E-state index in [1.165, 1.54) is 0 Å². The van der Waals surface area contributed by atoms with Gasteiger partial charge in [0.25, 0.3) is 5.91 Å². The molecule has 0 aliphatic carbocycles. The third kappa shape index (κ3) is 3.43. The number of hydrogen-bond donors (Lipinski definition) is 2. The Bertz CT molecular complexity index is 285. The number of ether oxygens (including phenoxy) is 1. The quantitative estimate of drug-likeness (QED) is 0.735. The molecule has 5 heteroatoms. The molecule has 2 heterocycles. The van der Waals surface area contributed by atoms with E-state index in [0.29, 0.717) is 18.6 Å². The van der Waals surface area contributed by atoms with Crippen LogP contribution in [0.5, 0.6) is 0 Å². The maximum atomic E-state index is 12.2. The van der Waals surface area contributed by atoms with Crippen molar-refractivity contribution in [3.05, 3.63) is 0 Å². The maximum absolute atomic E-state index is 12.2. The van der Waals surface area contributed by atoms with Crippen molar-refractivity contribution < 1.29 is 9.53 Å². The van der Waals surface area contributed by atoms with Crippen LogP contribution in [0.25, 0.3) is 0 Å². The van der Waals surface area contributed by atoms with E-state index < -0.39 is 0 Å². The Balaban J connectivity index is 1.83. The molecule has 0 aromatic heterocycles. The molecule has 2 fully saturated rings. The number of nitrogens with zero attached hydrogens (tertiary/aromatic N) is 1. The first-order chi connectivity index (χ1) is 8.70. The number of carbonyl (C=O) groups excluding carboxylic acids is 1. The van der Waals surface area contributed by atoms with Crippen molar-refractivity contribution in [2.24, 2.45) is 5.92 Å².